The molecule has 0 heterocycles. The largest absolute Gasteiger partial charge is 0.299 e. The average Bonchev–Trinajstić information content (AvgIpc) is 2.19. The van der Waals surface area contributed by atoms with Gasteiger partial charge in [0.25, 0.3) is 0 Å². The first-order valence-corrected chi connectivity index (χ1v) is 4.56. The molecule has 0 N–H and O–H groups in total. The van der Waals surface area contributed by atoms with Crippen LogP contribution in [-0.4, -0.2) is 5.78 Å². The SMILES string of the molecule is CCC(=O)CC=Cc1ccccc1. The average molecular weight is 174 g/mol. The number of ketones is 1. The summed E-state index contributed by atoms with van der Waals surface area (Å²) in [5.41, 5.74) is 1.14. The van der Waals surface area contributed by atoms with Crippen LogP contribution < -0.4 is 0 Å². The number of rotatable bonds is 4. The predicted octanol–water partition coefficient (Wildman–Crippen LogP) is 3.07. The number of Topliss-reactive ketones (excluding diaryl/α,β-unsaturated/α-hetero) is 1. The summed E-state index contributed by atoms with van der Waals surface area (Å²) in [7, 11) is 0. The first kappa shape index (κ1) is 9.72. The van der Waals surface area contributed by atoms with E-state index in [9.17, 15) is 4.79 Å². The quantitative estimate of drug-likeness (QED) is 0.685. The normalized spacial score (nSPS) is 10.5. The van der Waals surface area contributed by atoms with Crippen molar-refractivity contribution >= 4 is 11.9 Å². The van der Waals surface area contributed by atoms with Crippen LogP contribution in [0, 0.1) is 0 Å². The highest BCUT2D eigenvalue weighted by Gasteiger charge is 1.91. The van der Waals surface area contributed by atoms with Crippen molar-refractivity contribution in [3.63, 3.8) is 0 Å². The summed E-state index contributed by atoms with van der Waals surface area (Å²) in [4.78, 5) is 11.0. The van der Waals surface area contributed by atoms with E-state index < -0.39 is 0 Å². The van der Waals surface area contributed by atoms with E-state index >= 15 is 0 Å². The second kappa shape index (κ2) is 5.31. The molecule has 0 spiro atoms. The molecule has 1 heteroatoms. The van der Waals surface area contributed by atoms with Gasteiger partial charge >= 0.3 is 0 Å². The minimum Gasteiger partial charge on any atom is -0.299 e. The van der Waals surface area contributed by atoms with Crippen molar-refractivity contribution in [1.82, 2.24) is 0 Å². The van der Waals surface area contributed by atoms with E-state index in [0.717, 1.165) is 5.56 Å². The van der Waals surface area contributed by atoms with Crippen molar-refractivity contribution in [3.05, 3.63) is 42.0 Å². The Hall–Kier alpha value is -1.37. The van der Waals surface area contributed by atoms with Gasteiger partial charge in [-0.2, -0.15) is 0 Å². The molecule has 0 bridgehead atoms. The highest BCUT2D eigenvalue weighted by Crippen LogP contribution is 2.02. The molecule has 1 rings (SSSR count). The molecule has 13 heavy (non-hydrogen) atoms. The Morgan fingerprint density at radius 2 is 2.00 bits per heavy atom. The Kier molecular flexibility index (Phi) is 3.97. The number of carbonyl (C=O) groups is 1. The summed E-state index contributed by atoms with van der Waals surface area (Å²) in [5, 5.41) is 0. The van der Waals surface area contributed by atoms with Gasteiger partial charge in [-0.25, -0.2) is 0 Å². The van der Waals surface area contributed by atoms with Crippen molar-refractivity contribution in [3.8, 4) is 0 Å². The molecule has 0 aliphatic carbocycles. The fraction of sp³-hybridized carbons (Fsp3) is 0.250. The van der Waals surface area contributed by atoms with Gasteiger partial charge < -0.3 is 0 Å². The lowest BCUT2D eigenvalue weighted by atomic mass is 10.1. The van der Waals surface area contributed by atoms with Crippen molar-refractivity contribution < 1.29 is 4.79 Å². The Balaban J connectivity index is 2.45. The Labute approximate surface area is 79.1 Å². The zero-order valence-electron chi connectivity index (χ0n) is 7.86. The van der Waals surface area contributed by atoms with Crippen LogP contribution >= 0.6 is 0 Å². The lowest BCUT2D eigenvalue weighted by molar-refractivity contribution is -0.117. The summed E-state index contributed by atoms with van der Waals surface area (Å²) in [6.07, 6.45) is 5.07. The molecule has 0 unspecified atom stereocenters. The Morgan fingerprint density at radius 3 is 2.62 bits per heavy atom. The number of hydrogen-bond donors (Lipinski definition) is 0. The zero-order chi connectivity index (χ0) is 9.52. The number of carbonyl (C=O) groups excluding carboxylic acids is 1. The molecule has 1 aromatic carbocycles. The maximum atomic E-state index is 11.0. The van der Waals surface area contributed by atoms with Gasteiger partial charge in [-0.3, -0.25) is 4.79 Å². The van der Waals surface area contributed by atoms with E-state index in [2.05, 4.69) is 0 Å². The molecule has 0 radical (unpaired) electrons. The summed E-state index contributed by atoms with van der Waals surface area (Å²) in [5.74, 6) is 0.284. The van der Waals surface area contributed by atoms with E-state index in [1.54, 1.807) is 0 Å². The molecule has 0 fully saturated rings. The smallest absolute Gasteiger partial charge is 0.136 e. The van der Waals surface area contributed by atoms with Crippen molar-refractivity contribution in [1.29, 1.82) is 0 Å². The highest BCUT2D eigenvalue weighted by molar-refractivity contribution is 5.80. The third-order valence-corrected chi connectivity index (χ3v) is 1.85. The third-order valence-electron chi connectivity index (χ3n) is 1.85. The van der Waals surface area contributed by atoms with Gasteiger partial charge in [0.1, 0.15) is 5.78 Å². The Morgan fingerprint density at radius 1 is 1.31 bits per heavy atom. The molecule has 0 aliphatic rings. The maximum Gasteiger partial charge on any atom is 0.136 e. The molecular formula is C12H14O. The van der Waals surface area contributed by atoms with Crippen LogP contribution in [-0.2, 0) is 4.79 Å². The highest BCUT2D eigenvalue weighted by atomic mass is 16.1. The minimum absolute atomic E-state index is 0.284. The maximum absolute atomic E-state index is 11.0. The summed E-state index contributed by atoms with van der Waals surface area (Å²) in [6, 6.07) is 10.00. The molecule has 0 aromatic heterocycles. The molecule has 1 nitrogen and oxygen atoms in total. The van der Waals surface area contributed by atoms with E-state index in [-0.39, 0.29) is 5.78 Å². The number of benzene rings is 1. The van der Waals surface area contributed by atoms with Crippen LogP contribution in [0.2, 0.25) is 0 Å². The van der Waals surface area contributed by atoms with Gasteiger partial charge in [0.2, 0.25) is 0 Å². The Bertz CT molecular complexity index is 285. The second-order valence-corrected chi connectivity index (χ2v) is 2.91. The van der Waals surface area contributed by atoms with Crippen LogP contribution in [0.1, 0.15) is 25.3 Å². The molecule has 0 atom stereocenters. The molecule has 68 valence electrons. The first-order valence-electron chi connectivity index (χ1n) is 4.56. The fourth-order valence-corrected chi connectivity index (χ4v) is 1.03. The van der Waals surface area contributed by atoms with Gasteiger partial charge in [-0.1, -0.05) is 49.4 Å². The van der Waals surface area contributed by atoms with Crippen molar-refractivity contribution in [2.45, 2.75) is 19.8 Å². The molecular weight excluding hydrogens is 160 g/mol. The van der Waals surface area contributed by atoms with Gasteiger partial charge in [-0.15, -0.1) is 0 Å². The van der Waals surface area contributed by atoms with Gasteiger partial charge in [0.05, 0.1) is 0 Å². The molecule has 0 saturated carbocycles. The third kappa shape index (κ3) is 3.70. The summed E-state index contributed by atoms with van der Waals surface area (Å²) < 4.78 is 0. The lowest BCUT2D eigenvalue weighted by Crippen LogP contribution is -1.90. The van der Waals surface area contributed by atoms with Crippen LogP contribution in [0.25, 0.3) is 6.08 Å². The topological polar surface area (TPSA) is 17.1 Å². The second-order valence-electron chi connectivity index (χ2n) is 2.91. The molecule has 0 amide bonds. The van der Waals surface area contributed by atoms with E-state index in [0.29, 0.717) is 12.8 Å². The van der Waals surface area contributed by atoms with Crippen LogP contribution in [0.3, 0.4) is 0 Å². The monoisotopic (exact) mass is 174 g/mol. The van der Waals surface area contributed by atoms with E-state index in [4.69, 9.17) is 0 Å². The molecule has 0 saturated heterocycles. The number of hydrogen-bond acceptors (Lipinski definition) is 1. The van der Waals surface area contributed by atoms with Crippen LogP contribution in [0.5, 0.6) is 0 Å². The number of allylic oxidation sites excluding steroid dienone is 1. The first-order chi connectivity index (χ1) is 6.33. The van der Waals surface area contributed by atoms with E-state index in [1.807, 2.05) is 49.4 Å². The lowest BCUT2D eigenvalue weighted by Gasteiger charge is -1.91. The van der Waals surface area contributed by atoms with Crippen LogP contribution in [0.4, 0.5) is 0 Å². The van der Waals surface area contributed by atoms with Crippen LogP contribution in [0.15, 0.2) is 36.4 Å². The zero-order valence-corrected chi connectivity index (χ0v) is 7.86. The fourth-order valence-electron chi connectivity index (χ4n) is 1.03. The van der Waals surface area contributed by atoms with Gasteiger partial charge in [0.15, 0.2) is 0 Å². The van der Waals surface area contributed by atoms with Crippen molar-refractivity contribution in [2.75, 3.05) is 0 Å². The standard InChI is InChI=1S/C12H14O/c1-2-12(13)10-6-9-11-7-4-3-5-8-11/h3-9H,2,10H2,1H3. The predicted molar refractivity (Wildman–Crippen MR) is 55.4 cm³/mol. The van der Waals surface area contributed by atoms with E-state index in [1.165, 1.54) is 0 Å². The molecule has 1 aromatic rings. The minimum atomic E-state index is 0.284. The van der Waals surface area contributed by atoms with Gasteiger partial charge in [-0.05, 0) is 5.56 Å². The molecule has 0 aliphatic heterocycles. The van der Waals surface area contributed by atoms with Gasteiger partial charge in [0, 0.05) is 12.8 Å². The summed E-state index contributed by atoms with van der Waals surface area (Å²) >= 11 is 0. The van der Waals surface area contributed by atoms with Crippen molar-refractivity contribution in [2.24, 2.45) is 0 Å². The summed E-state index contributed by atoms with van der Waals surface area (Å²) in [6.45, 7) is 1.89.